The van der Waals surface area contributed by atoms with Crippen LogP contribution in [0.3, 0.4) is 0 Å². The number of hydrogen-bond acceptors (Lipinski definition) is 8. The van der Waals surface area contributed by atoms with E-state index in [2.05, 4.69) is 20.8 Å². The van der Waals surface area contributed by atoms with Gasteiger partial charge in [0, 0.05) is 11.5 Å². The second kappa shape index (κ2) is 26.2. The van der Waals surface area contributed by atoms with Gasteiger partial charge in [-0.15, -0.1) is 0 Å². The molecule has 12 heteroatoms. The summed E-state index contributed by atoms with van der Waals surface area (Å²) in [6, 6.07) is 13.3. The van der Waals surface area contributed by atoms with Crippen LogP contribution in [-0.4, -0.2) is 30.3 Å². The van der Waals surface area contributed by atoms with Crippen LogP contribution in [0.5, 0.6) is 5.75 Å². The first-order valence-electron chi connectivity index (χ1n) is 9.99. The largest absolute Gasteiger partial charge is 1.00 e. The number of benzene rings is 2. The van der Waals surface area contributed by atoms with Gasteiger partial charge in [0.05, 0.1) is 25.5 Å². The molecule has 0 atom stereocenters. The van der Waals surface area contributed by atoms with Crippen molar-refractivity contribution in [3.05, 3.63) is 63.9 Å². The van der Waals surface area contributed by atoms with Crippen LogP contribution >= 0.6 is 15.9 Å². The molecule has 1 N–H and O–H groups in total. The minimum atomic E-state index is -1.00. The summed E-state index contributed by atoms with van der Waals surface area (Å²) in [7, 11) is -1.00. The van der Waals surface area contributed by atoms with Crippen LogP contribution in [0.15, 0.2) is 34.7 Å². The number of rotatable bonds is 2. The summed E-state index contributed by atoms with van der Waals surface area (Å²) < 4.78 is 20.9. The number of fused-ring (bicyclic) bond motifs is 1. The smallest absolute Gasteiger partial charge is 1.00 e. The van der Waals surface area contributed by atoms with Gasteiger partial charge in [-0.1, -0.05) is 40.2 Å². The van der Waals surface area contributed by atoms with E-state index >= 15 is 0 Å². The Balaban J connectivity index is -0.000000132. The molecule has 0 radical (unpaired) electrons. The number of furan rings is 1. The maximum absolute atomic E-state index is 10.4. The van der Waals surface area contributed by atoms with E-state index in [4.69, 9.17) is 26.4 Å². The van der Waals surface area contributed by atoms with Crippen molar-refractivity contribution in [3.63, 3.8) is 0 Å². The van der Waals surface area contributed by atoms with Gasteiger partial charge in [0.25, 0.3) is 6.47 Å². The molecule has 3 rings (SSSR count). The van der Waals surface area contributed by atoms with E-state index < -0.39 is 7.15 Å². The molecule has 0 bridgehead atoms. The van der Waals surface area contributed by atoms with Gasteiger partial charge < -0.3 is 21.1 Å². The van der Waals surface area contributed by atoms with Crippen molar-refractivity contribution in [1.82, 2.24) is 0 Å². The second-order valence-corrected chi connectivity index (χ2v) is 6.79. The maximum Gasteiger partial charge on any atom is 1.00 e. The number of aryl methyl sites for hydroxylation is 4. The third-order valence-corrected chi connectivity index (χ3v) is 4.31. The molecule has 1 heterocycles. The minimum absolute atomic E-state index is 0. The predicted molar refractivity (Wildman–Crippen MR) is 128 cm³/mol. The molecule has 0 saturated carbocycles. The van der Waals surface area contributed by atoms with E-state index in [1.54, 1.807) is 26.0 Å². The SMILES string of the molecule is Cc1ccc(C)c(C=O)c1O.Cc1ccc(C)c2oc(C#N)cc12.N#CCBr.O=CO[O-].[2H]CF.[H-].[K+].[K+]. The third kappa shape index (κ3) is 15.7. The van der Waals surface area contributed by atoms with E-state index in [0.29, 0.717) is 22.9 Å². The van der Waals surface area contributed by atoms with Crippen LogP contribution in [-0.2, 0) is 9.68 Å². The minimum Gasteiger partial charge on any atom is -1.00 e. The molecule has 0 saturated heterocycles. The Morgan fingerprint density at radius 2 is 1.58 bits per heavy atom. The topological polar surface area (TPSA) is 147 Å². The van der Waals surface area contributed by atoms with Crippen LogP contribution in [0.2, 0.25) is 0 Å². The Bertz CT molecular complexity index is 1130. The summed E-state index contributed by atoms with van der Waals surface area (Å²) in [5.74, 6) is 0.479. The molecule has 0 aliphatic heterocycles. The number of aldehydes is 1. The average Bonchev–Trinajstić information content (AvgIpc) is 3.32. The molecule has 3 aromatic rings. The maximum atomic E-state index is 10.4. The van der Waals surface area contributed by atoms with Crippen molar-refractivity contribution in [2.75, 3.05) is 12.5 Å². The number of nitrogens with zero attached hydrogens (tertiary/aromatic N) is 2. The zero-order chi connectivity index (χ0) is 27.4. The number of hydrogen-bond donors (Lipinski definition) is 1. The van der Waals surface area contributed by atoms with Gasteiger partial charge in [0.2, 0.25) is 5.76 Å². The molecule has 0 unspecified atom stereocenters. The molecule has 36 heavy (non-hydrogen) atoms. The standard InChI is InChI=1S/C11H9NO.C9H10O2.C2H2BrN.CH3F.CH2O3.2K.H/c1-7-3-4-8(2)11-10(7)5-9(6-12)13-11;1-6-3-4-7(2)9(11)8(6)5-10;3-1-2-4;1-2;2-1-4-3;;;/h3-5H,1-2H3;3-5,11H,1-2H3;1H2;1H3;1,3H;;;/q;;;;;2*+1;-1/p-1/i;;;1D;;;;. The Hall–Kier alpha value is -0.457. The summed E-state index contributed by atoms with van der Waals surface area (Å²) in [5, 5.41) is 35.5. The van der Waals surface area contributed by atoms with E-state index in [9.17, 15) is 14.3 Å². The summed E-state index contributed by atoms with van der Waals surface area (Å²) in [4.78, 5) is 21.7. The normalized spacial score (nSPS) is 8.31. The molecule has 2 aromatic carbocycles. The van der Waals surface area contributed by atoms with E-state index in [1.807, 2.05) is 44.2 Å². The van der Waals surface area contributed by atoms with Gasteiger partial charge in [-0.3, -0.25) is 14.0 Å². The number of phenolic OH excluding ortho intramolecular Hbond substituents is 1. The zero-order valence-corrected chi connectivity index (χ0v) is 28.9. The number of phenols is 1. The Morgan fingerprint density at radius 3 is 1.94 bits per heavy atom. The van der Waals surface area contributed by atoms with Crippen LogP contribution in [0, 0.1) is 50.4 Å². The van der Waals surface area contributed by atoms with E-state index in [-0.39, 0.29) is 116 Å². The molecular formula is C24H26BrFK2N2O6. The van der Waals surface area contributed by atoms with Crippen molar-refractivity contribution in [2.24, 2.45) is 0 Å². The number of aromatic hydroxyl groups is 1. The molecule has 0 amide bonds. The van der Waals surface area contributed by atoms with Gasteiger partial charge in [-0.2, -0.15) is 10.5 Å². The number of carbonyl (C=O) groups excluding carboxylic acids is 2. The second-order valence-electron chi connectivity index (χ2n) is 6.23. The van der Waals surface area contributed by atoms with Gasteiger partial charge >= 0.3 is 103 Å². The number of nitriles is 2. The third-order valence-electron chi connectivity index (χ3n) is 4.06. The van der Waals surface area contributed by atoms with E-state index in [0.717, 1.165) is 33.2 Å². The van der Waals surface area contributed by atoms with Crippen molar-refractivity contribution >= 4 is 39.7 Å². The average molecular weight is 617 g/mol. The zero-order valence-electron chi connectivity index (χ0n) is 23.1. The number of alkyl halides is 2. The molecule has 0 aliphatic carbocycles. The molecule has 0 aliphatic rings. The van der Waals surface area contributed by atoms with Crippen molar-refractivity contribution in [1.29, 1.82) is 10.5 Å². The Labute approximate surface area is 306 Å². The Morgan fingerprint density at radius 1 is 1.14 bits per heavy atom. The molecular weight excluding hydrogens is 589 g/mol. The molecule has 0 fully saturated rings. The van der Waals surface area contributed by atoms with Crippen LogP contribution < -0.4 is 108 Å². The van der Waals surface area contributed by atoms with E-state index in [1.165, 1.54) is 0 Å². The summed E-state index contributed by atoms with van der Waals surface area (Å²) in [6.45, 7) is 7.37. The summed E-state index contributed by atoms with van der Waals surface area (Å²) in [5.41, 5.74) is 4.98. The van der Waals surface area contributed by atoms with Crippen LogP contribution in [0.1, 0.15) is 41.2 Å². The van der Waals surface area contributed by atoms with Gasteiger partial charge in [-0.25, -0.2) is 0 Å². The van der Waals surface area contributed by atoms with Gasteiger partial charge in [0.15, 0.2) is 6.29 Å². The number of carbonyl (C=O) groups is 2. The number of halogens is 2. The molecule has 184 valence electrons. The Kier molecular flexibility index (Phi) is 29.1. The molecule has 8 nitrogen and oxygen atoms in total. The predicted octanol–water partition coefficient (Wildman–Crippen LogP) is -1.21. The van der Waals surface area contributed by atoms with Gasteiger partial charge in [-0.05, 0) is 49.9 Å². The first-order valence-corrected chi connectivity index (χ1v) is 10.4. The fourth-order valence-corrected chi connectivity index (χ4v) is 2.41. The fourth-order valence-electron chi connectivity index (χ4n) is 2.41. The fraction of sp³-hybridized carbons (Fsp3) is 0.250. The summed E-state index contributed by atoms with van der Waals surface area (Å²) in [6.07, 6.45) is 0.678. The summed E-state index contributed by atoms with van der Waals surface area (Å²) >= 11 is 2.89. The quantitative estimate of drug-likeness (QED) is 0.124. The first kappa shape index (κ1) is 40.0. The van der Waals surface area contributed by atoms with Crippen LogP contribution in [0.4, 0.5) is 4.39 Å². The van der Waals surface area contributed by atoms with Crippen molar-refractivity contribution < 1.29 is 139 Å². The van der Waals surface area contributed by atoms with Crippen LogP contribution in [0.25, 0.3) is 11.0 Å². The van der Waals surface area contributed by atoms with Crippen molar-refractivity contribution in [2.45, 2.75) is 27.7 Å². The monoisotopic (exact) mass is 615 g/mol. The molecule has 0 spiro atoms. The van der Waals surface area contributed by atoms with Crippen molar-refractivity contribution in [3.8, 4) is 17.9 Å². The molecule has 1 aromatic heterocycles. The first-order chi connectivity index (χ1) is 16.6. The van der Waals surface area contributed by atoms with Gasteiger partial charge in [0.1, 0.15) is 17.4 Å².